The van der Waals surface area contributed by atoms with Crippen LogP contribution >= 0.6 is 0 Å². The van der Waals surface area contributed by atoms with E-state index in [1.807, 2.05) is 0 Å². The van der Waals surface area contributed by atoms with Crippen molar-refractivity contribution in [2.24, 2.45) is 35.0 Å². The van der Waals surface area contributed by atoms with Gasteiger partial charge < -0.3 is 4.90 Å². The second kappa shape index (κ2) is 7.29. The van der Waals surface area contributed by atoms with E-state index < -0.39 is 0 Å². The summed E-state index contributed by atoms with van der Waals surface area (Å²) in [4.78, 5) is 2.58. The van der Waals surface area contributed by atoms with Crippen LogP contribution in [-0.4, -0.2) is 25.0 Å². The van der Waals surface area contributed by atoms with Gasteiger partial charge in [0.05, 0.1) is 0 Å². The molecule has 0 amide bonds. The molecule has 120 valence electrons. The van der Waals surface area contributed by atoms with Crippen molar-refractivity contribution in [2.75, 3.05) is 20.1 Å². The fourth-order valence-corrected chi connectivity index (χ4v) is 4.83. The Morgan fingerprint density at radius 3 is 2.30 bits per heavy atom. The molecule has 0 aromatic carbocycles. The molecule has 4 atom stereocenters. The van der Waals surface area contributed by atoms with Crippen LogP contribution in [0.4, 0.5) is 0 Å². The highest BCUT2D eigenvalue weighted by Gasteiger charge is 2.37. The predicted octanol–water partition coefficient (Wildman–Crippen LogP) is 5.31. The van der Waals surface area contributed by atoms with Crippen LogP contribution in [0.25, 0.3) is 0 Å². The van der Waals surface area contributed by atoms with Crippen molar-refractivity contribution in [2.45, 2.75) is 67.7 Å². The lowest BCUT2D eigenvalue weighted by Gasteiger charge is -2.45. The molecule has 0 radical (unpaired) electrons. The summed E-state index contributed by atoms with van der Waals surface area (Å²) in [5, 5.41) is 0. The van der Waals surface area contributed by atoms with E-state index in [2.05, 4.69) is 60.4 Å². The average Bonchev–Trinajstić information content (AvgIpc) is 2.25. The second-order valence-corrected chi connectivity index (χ2v) is 8.77. The number of hydrogen-bond acceptors (Lipinski definition) is 1. The molecule has 20 heavy (non-hydrogen) atoms. The predicted molar refractivity (Wildman–Crippen MR) is 90.9 cm³/mol. The number of likely N-dealkylation sites (tertiary alicyclic amines) is 1. The standard InChI is InChI=1S/C19H39N/c1-9-17-11-18(15(4)10-14(2)3)16(5)12-20(8)13-19(17,6)7/h14-18H,9-13H2,1-8H3. The van der Waals surface area contributed by atoms with E-state index in [1.165, 1.54) is 32.4 Å². The average molecular weight is 282 g/mol. The molecule has 0 N–H and O–H groups in total. The Balaban J connectivity index is 2.90. The minimum Gasteiger partial charge on any atom is -0.306 e. The van der Waals surface area contributed by atoms with Crippen LogP contribution in [0, 0.1) is 35.0 Å². The Labute approximate surface area is 128 Å². The summed E-state index contributed by atoms with van der Waals surface area (Å²) in [7, 11) is 2.32. The lowest BCUT2D eigenvalue weighted by molar-refractivity contribution is 0.0378. The van der Waals surface area contributed by atoms with Gasteiger partial charge in [-0.05, 0) is 54.9 Å². The zero-order valence-electron chi connectivity index (χ0n) is 15.4. The van der Waals surface area contributed by atoms with E-state index in [0.29, 0.717) is 5.41 Å². The van der Waals surface area contributed by atoms with Gasteiger partial charge in [0.2, 0.25) is 0 Å². The molecule has 0 spiro atoms. The van der Waals surface area contributed by atoms with Crippen LogP contribution in [0.5, 0.6) is 0 Å². The molecule has 0 aromatic heterocycles. The van der Waals surface area contributed by atoms with Crippen LogP contribution in [0.2, 0.25) is 0 Å². The first-order chi connectivity index (χ1) is 9.17. The quantitative estimate of drug-likeness (QED) is 0.675. The van der Waals surface area contributed by atoms with E-state index in [1.54, 1.807) is 0 Å². The maximum absolute atomic E-state index is 2.58. The maximum atomic E-state index is 2.58. The third-order valence-electron chi connectivity index (χ3n) is 5.74. The maximum Gasteiger partial charge on any atom is 0.00324 e. The lowest BCUT2D eigenvalue weighted by atomic mass is 9.66. The molecule has 1 saturated heterocycles. The van der Waals surface area contributed by atoms with Crippen LogP contribution in [0.15, 0.2) is 0 Å². The largest absolute Gasteiger partial charge is 0.306 e. The number of nitrogens with zero attached hydrogens (tertiary/aromatic N) is 1. The van der Waals surface area contributed by atoms with Crippen molar-refractivity contribution in [3.63, 3.8) is 0 Å². The molecule has 1 fully saturated rings. The van der Waals surface area contributed by atoms with Gasteiger partial charge >= 0.3 is 0 Å². The summed E-state index contributed by atoms with van der Waals surface area (Å²) >= 11 is 0. The Hall–Kier alpha value is -0.0400. The van der Waals surface area contributed by atoms with Gasteiger partial charge in [-0.1, -0.05) is 54.9 Å². The fraction of sp³-hybridized carbons (Fsp3) is 1.00. The normalized spacial score (nSPS) is 33.8. The summed E-state index contributed by atoms with van der Waals surface area (Å²) < 4.78 is 0. The first kappa shape index (κ1) is 18.0. The van der Waals surface area contributed by atoms with Crippen LogP contribution in [-0.2, 0) is 0 Å². The van der Waals surface area contributed by atoms with Crippen LogP contribution < -0.4 is 0 Å². The number of hydrogen-bond donors (Lipinski definition) is 0. The minimum atomic E-state index is 0.458. The molecule has 4 unspecified atom stereocenters. The van der Waals surface area contributed by atoms with Gasteiger partial charge in [0, 0.05) is 13.1 Å². The van der Waals surface area contributed by atoms with Gasteiger partial charge in [-0.25, -0.2) is 0 Å². The molecule has 0 saturated carbocycles. The first-order valence-electron chi connectivity index (χ1n) is 8.85. The molecule has 1 aliphatic rings. The van der Waals surface area contributed by atoms with Gasteiger partial charge in [-0.2, -0.15) is 0 Å². The molecule has 0 aromatic rings. The van der Waals surface area contributed by atoms with Crippen molar-refractivity contribution in [1.29, 1.82) is 0 Å². The van der Waals surface area contributed by atoms with Gasteiger partial charge in [0.25, 0.3) is 0 Å². The molecular weight excluding hydrogens is 242 g/mol. The summed E-state index contributed by atoms with van der Waals surface area (Å²) in [6.45, 7) is 19.6. The van der Waals surface area contributed by atoms with Gasteiger partial charge in [-0.3, -0.25) is 0 Å². The Bertz CT molecular complexity index is 277. The summed E-state index contributed by atoms with van der Waals surface area (Å²) in [6.07, 6.45) is 4.15. The van der Waals surface area contributed by atoms with Crippen molar-refractivity contribution >= 4 is 0 Å². The Kier molecular flexibility index (Phi) is 6.57. The molecule has 1 rings (SSSR count). The van der Waals surface area contributed by atoms with E-state index in [4.69, 9.17) is 0 Å². The van der Waals surface area contributed by atoms with Crippen LogP contribution in [0.1, 0.15) is 67.7 Å². The van der Waals surface area contributed by atoms with Crippen molar-refractivity contribution in [3.8, 4) is 0 Å². The molecule has 0 aliphatic carbocycles. The number of rotatable bonds is 4. The van der Waals surface area contributed by atoms with E-state index in [0.717, 1.165) is 29.6 Å². The minimum absolute atomic E-state index is 0.458. The monoisotopic (exact) mass is 281 g/mol. The molecule has 1 aliphatic heterocycles. The van der Waals surface area contributed by atoms with Crippen LogP contribution in [0.3, 0.4) is 0 Å². The third kappa shape index (κ3) is 4.76. The molecule has 0 bridgehead atoms. The third-order valence-corrected chi connectivity index (χ3v) is 5.74. The molecule has 1 nitrogen and oxygen atoms in total. The van der Waals surface area contributed by atoms with E-state index in [-0.39, 0.29) is 0 Å². The zero-order chi connectivity index (χ0) is 15.5. The highest BCUT2D eigenvalue weighted by Crippen LogP contribution is 2.42. The zero-order valence-corrected chi connectivity index (χ0v) is 15.4. The highest BCUT2D eigenvalue weighted by atomic mass is 15.1. The molecule has 1 heterocycles. The Morgan fingerprint density at radius 1 is 1.20 bits per heavy atom. The highest BCUT2D eigenvalue weighted by molar-refractivity contribution is 4.88. The fourth-order valence-electron chi connectivity index (χ4n) is 4.83. The van der Waals surface area contributed by atoms with Crippen molar-refractivity contribution < 1.29 is 0 Å². The first-order valence-corrected chi connectivity index (χ1v) is 8.85. The van der Waals surface area contributed by atoms with Gasteiger partial charge in [0.15, 0.2) is 0 Å². The van der Waals surface area contributed by atoms with Crippen molar-refractivity contribution in [3.05, 3.63) is 0 Å². The second-order valence-electron chi connectivity index (χ2n) is 8.77. The molecular formula is C19H39N. The van der Waals surface area contributed by atoms with E-state index >= 15 is 0 Å². The SMILES string of the molecule is CCC1CC(C(C)CC(C)C)C(C)CN(C)CC1(C)C. The molecule has 1 heteroatoms. The van der Waals surface area contributed by atoms with Crippen molar-refractivity contribution in [1.82, 2.24) is 4.90 Å². The summed E-state index contributed by atoms with van der Waals surface area (Å²) in [6, 6.07) is 0. The smallest absolute Gasteiger partial charge is 0.00324 e. The van der Waals surface area contributed by atoms with Gasteiger partial charge in [-0.15, -0.1) is 0 Å². The summed E-state index contributed by atoms with van der Waals surface area (Å²) in [5.41, 5.74) is 0.458. The Morgan fingerprint density at radius 2 is 1.80 bits per heavy atom. The van der Waals surface area contributed by atoms with E-state index in [9.17, 15) is 0 Å². The summed E-state index contributed by atoms with van der Waals surface area (Å²) in [5.74, 6) is 4.28. The van der Waals surface area contributed by atoms with Gasteiger partial charge in [0.1, 0.15) is 0 Å². The lowest BCUT2D eigenvalue weighted by Crippen LogP contribution is -2.44. The topological polar surface area (TPSA) is 3.24 Å².